The summed E-state index contributed by atoms with van der Waals surface area (Å²) in [5.41, 5.74) is 3.28. The highest BCUT2D eigenvalue weighted by Gasteiger charge is 2.33. The Kier molecular flexibility index (Phi) is 3.50. The van der Waals surface area contributed by atoms with Crippen molar-refractivity contribution >= 4 is 11.6 Å². The minimum atomic E-state index is -0.390. The molecule has 1 aromatic heterocycles. The SMILES string of the molecule is COc1ccc(-n2ccc3c2CC(C)(C)CC3O)cc1Cl. The minimum absolute atomic E-state index is 0.0960. The Labute approximate surface area is 130 Å². The van der Waals surface area contributed by atoms with Crippen LogP contribution in [0.5, 0.6) is 5.75 Å². The van der Waals surface area contributed by atoms with Crippen molar-refractivity contribution in [1.82, 2.24) is 4.57 Å². The van der Waals surface area contributed by atoms with Crippen LogP contribution >= 0.6 is 11.6 Å². The van der Waals surface area contributed by atoms with Gasteiger partial charge in [-0.1, -0.05) is 25.4 Å². The van der Waals surface area contributed by atoms with Crippen LogP contribution in [0, 0.1) is 5.41 Å². The molecule has 0 saturated carbocycles. The molecule has 4 heteroatoms. The second-order valence-electron chi connectivity index (χ2n) is 6.47. The molecule has 21 heavy (non-hydrogen) atoms. The number of hydrogen-bond donors (Lipinski definition) is 1. The Morgan fingerprint density at radius 1 is 1.33 bits per heavy atom. The molecule has 0 fully saturated rings. The summed E-state index contributed by atoms with van der Waals surface area (Å²) < 4.78 is 7.31. The molecule has 1 heterocycles. The first kappa shape index (κ1) is 14.5. The third-order valence-corrected chi connectivity index (χ3v) is 4.49. The lowest BCUT2D eigenvalue weighted by Gasteiger charge is -2.34. The number of fused-ring (bicyclic) bond motifs is 1. The van der Waals surface area contributed by atoms with E-state index in [4.69, 9.17) is 16.3 Å². The molecule has 1 unspecified atom stereocenters. The Balaban J connectivity index is 2.07. The maximum atomic E-state index is 10.3. The van der Waals surface area contributed by atoms with E-state index in [9.17, 15) is 5.11 Å². The molecule has 0 saturated heterocycles. The normalized spacial score (nSPS) is 20.1. The summed E-state index contributed by atoms with van der Waals surface area (Å²) in [6.07, 6.45) is 3.36. The highest BCUT2D eigenvalue weighted by atomic mass is 35.5. The first-order valence-electron chi connectivity index (χ1n) is 7.13. The second kappa shape index (κ2) is 5.08. The van der Waals surface area contributed by atoms with Crippen LogP contribution in [0.25, 0.3) is 5.69 Å². The topological polar surface area (TPSA) is 34.4 Å². The fourth-order valence-corrected chi connectivity index (χ4v) is 3.43. The predicted molar refractivity (Wildman–Crippen MR) is 84.4 cm³/mol. The highest BCUT2D eigenvalue weighted by molar-refractivity contribution is 6.32. The number of aliphatic hydroxyl groups excluding tert-OH is 1. The Morgan fingerprint density at radius 2 is 2.10 bits per heavy atom. The lowest BCUT2D eigenvalue weighted by atomic mass is 9.75. The molecule has 0 spiro atoms. The minimum Gasteiger partial charge on any atom is -0.495 e. The van der Waals surface area contributed by atoms with Crippen LogP contribution in [0.1, 0.15) is 37.6 Å². The molecular weight excluding hydrogens is 286 g/mol. The monoisotopic (exact) mass is 305 g/mol. The molecule has 1 aliphatic carbocycles. The van der Waals surface area contributed by atoms with Crippen molar-refractivity contribution in [2.45, 2.75) is 32.8 Å². The number of methoxy groups -OCH3 is 1. The predicted octanol–water partition coefficient (Wildman–Crippen LogP) is 4.15. The summed E-state index contributed by atoms with van der Waals surface area (Å²) in [4.78, 5) is 0. The second-order valence-corrected chi connectivity index (χ2v) is 6.87. The molecule has 1 atom stereocenters. The smallest absolute Gasteiger partial charge is 0.137 e. The van der Waals surface area contributed by atoms with Gasteiger partial charge < -0.3 is 14.4 Å². The van der Waals surface area contributed by atoms with Gasteiger partial charge in [-0.05, 0) is 42.5 Å². The van der Waals surface area contributed by atoms with E-state index in [0.717, 1.165) is 24.1 Å². The summed E-state index contributed by atoms with van der Waals surface area (Å²) in [6, 6.07) is 7.76. The zero-order chi connectivity index (χ0) is 15.2. The van der Waals surface area contributed by atoms with Gasteiger partial charge in [0.2, 0.25) is 0 Å². The maximum absolute atomic E-state index is 10.3. The quantitative estimate of drug-likeness (QED) is 0.904. The number of aliphatic hydroxyl groups is 1. The van der Waals surface area contributed by atoms with Crippen LogP contribution < -0.4 is 4.74 Å². The fraction of sp³-hybridized carbons (Fsp3) is 0.412. The third kappa shape index (κ3) is 2.56. The van der Waals surface area contributed by atoms with Crippen molar-refractivity contribution in [1.29, 1.82) is 0 Å². The summed E-state index contributed by atoms with van der Waals surface area (Å²) in [5, 5.41) is 10.9. The molecule has 1 aromatic carbocycles. The molecule has 112 valence electrons. The number of rotatable bonds is 2. The van der Waals surface area contributed by atoms with Gasteiger partial charge in [0, 0.05) is 23.1 Å². The number of halogens is 1. The summed E-state index contributed by atoms with van der Waals surface area (Å²) in [6.45, 7) is 4.38. The standard InChI is InChI=1S/C17H20ClNO2/c1-17(2)9-14-12(15(20)10-17)6-7-19(14)11-4-5-16(21-3)13(18)8-11/h4-8,15,20H,9-10H2,1-3H3. The zero-order valence-electron chi connectivity index (χ0n) is 12.6. The Bertz CT molecular complexity index is 675. The van der Waals surface area contributed by atoms with E-state index in [1.54, 1.807) is 7.11 Å². The van der Waals surface area contributed by atoms with Crippen molar-refractivity contribution in [2.24, 2.45) is 5.41 Å². The summed E-state index contributed by atoms with van der Waals surface area (Å²) in [5.74, 6) is 0.668. The molecular formula is C17H20ClNO2. The first-order chi connectivity index (χ1) is 9.91. The van der Waals surface area contributed by atoms with Gasteiger partial charge in [-0.2, -0.15) is 0 Å². The molecule has 0 amide bonds. The van der Waals surface area contributed by atoms with Gasteiger partial charge in [0.15, 0.2) is 0 Å². The molecule has 0 bridgehead atoms. The largest absolute Gasteiger partial charge is 0.495 e. The summed E-state index contributed by atoms with van der Waals surface area (Å²) >= 11 is 6.23. The van der Waals surface area contributed by atoms with Crippen LogP contribution in [0.2, 0.25) is 5.02 Å². The van der Waals surface area contributed by atoms with Crippen LogP contribution in [0.4, 0.5) is 0 Å². The zero-order valence-corrected chi connectivity index (χ0v) is 13.3. The van der Waals surface area contributed by atoms with Gasteiger partial charge in [-0.3, -0.25) is 0 Å². The Morgan fingerprint density at radius 3 is 2.76 bits per heavy atom. The molecule has 0 radical (unpaired) electrons. The third-order valence-electron chi connectivity index (χ3n) is 4.19. The molecule has 1 aliphatic rings. The molecule has 2 aromatic rings. The van der Waals surface area contributed by atoms with Crippen molar-refractivity contribution in [3.05, 3.63) is 46.7 Å². The van der Waals surface area contributed by atoms with E-state index in [1.165, 1.54) is 5.69 Å². The van der Waals surface area contributed by atoms with Gasteiger partial charge in [0.1, 0.15) is 5.75 Å². The van der Waals surface area contributed by atoms with Crippen molar-refractivity contribution < 1.29 is 9.84 Å². The van der Waals surface area contributed by atoms with Crippen molar-refractivity contribution in [2.75, 3.05) is 7.11 Å². The van der Waals surface area contributed by atoms with Crippen LogP contribution in [-0.2, 0) is 6.42 Å². The highest BCUT2D eigenvalue weighted by Crippen LogP contribution is 2.42. The van der Waals surface area contributed by atoms with Gasteiger partial charge in [-0.25, -0.2) is 0 Å². The average Bonchev–Trinajstić information content (AvgIpc) is 2.81. The van der Waals surface area contributed by atoms with Crippen LogP contribution in [0.15, 0.2) is 30.5 Å². The van der Waals surface area contributed by atoms with E-state index in [2.05, 4.69) is 18.4 Å². The Hall–Kier alpha value is -1.45. The van der Waals surface area contributed by atoms with Gasteiger partial charge in [0.25, 0.3) is 0 Å². The molecule has 3 rings (SSSR count). The van der Waals surface area contributed by atoms with Gasteiger partial charge in [0.05, 0.1) is 18.2 Å². The lowest BCUT2D eigenvalue weighted by molar-refractivity contribution is 0.0987. The summed E-state index contributed by atoms with van der Waals surface area (Å²) in [7, 11) is 1.61. The average molecular weight is 306 g/mol. The van der Waals surface area contributed by atoms with E-state index in [0.29, 0.717) is 10.8 Å². The van der Waals surface area contributed by atoms with Crippen LogP contribution in [-0.4, -0.2) is 16.8 Å². The van der Waals surface area contributed by atoms with E-state index in [1.807, 2.05) is 30.5 Å². The molecule has 3 nitrogen and oxygen atoms in total. The van der Waals surface area contributed by atoms with Crippen molar-refractivity contribution in [3.8, 4) is 11.4 Å². The van der Waals surface area contributed by atoms with Crippen LogP contribution in [0.3, 0.4) is 0 Å². The van der Waals surface area contributed by atoms with Gasteiger partial charge in [-0.15, -0.1) is 0 Å². The van der Waals surface area contributed by atoms with E-state index in [-0.39, 0.29) is 5.41 Å². The number of aromatic nitrogens is 1. The van der Waals surface area contributed by atoms with E-state index < -0.39 is 6.10 Å². The number of hydrogen-bond acceptors (Lipinski definition) is 2. The molecule has 0 aliphatic heterocycles. The number of ether oxygens (including phenoxy) is 1. The van der Waals surface area contributed by atoms with E-state index >= 15 is 0 Å². The number of nitrogens with zero attached hydrogens (tertiary/aromatic N) is 1. The number of benzene rings is 1. The lowest BCUT2D eigenvalue weighted by Crippen LogP contribution is -2.26. The van der Waals surface area contributed by atoms with Gasteiger partial charge >= 0.3 is 0 Å². The molecule has 1 N–H and O–H groups in total. The van der Waals surface area contributed by atoms with Crippen molar-refractivity contribution in [3.63, 3.8) is 0 Å². The first-order valence-corrected chi connectivity index (χ1v) is 7.51. The maximum Gasteiger partial charge on any atom is 0.137 e. The fourth-order valence-electron chi connectivity index (χ4n) is 3.18.